The minimum atomic E-state index is -0.387. The molecule has 0 saturated carbocycles. The molecule has 0 aliphatic heterocycles. The molecule has 0 radical (unpaired) electrons. The number of benzene rings is 2. The van der Waals surface area contributed by atoms with Crippen LogP contribution in [0.1, 0.15) is 12.0 Å². The number of para-hydroxylation sites is 1. The van der Waals surface area contributed by atoms with Gasteiger partial charge in [0.2, 0.25) is 0 Å². The Hall–Kier alpha value is -3.28. The Morgan fingerprint density at radius 3 is 2.68 bits per heavy atom. The van der Waals surface area contributed by atoms with Gasteiger partial charge in [-0.1, -0.05) is 29.8 Å². The topological polar surface area (TPSA) is 71.8 Å². The minimum absolute atomic E-state index is 0.0113. The lowest BCUT2D eigenvalue weighted by molar-refractivity contribution is -0.132. The third-order valence-electron chi connectivity index (χ3n) is 4.44. The normalized spacial score (nSPS) is 10.6. The SMILES string of the molecule is Cc1ccc(OCC(=O)N(C)CCCNc2cc(=O)oc3ccccc23)cc1. The van der Waals surface area contributed by atoms with Crippen molar-refractivity contribution >= 4 is 22.6 Å². The van der Waals surface area contributed by atoms with Crippen molar-refractivity contribution in [3.05, 3.63) is 70.6 Å². The van der Waals surface area contributed by atoms with Gasteiger partial charge in [0.1, 0.15) is 11.3 Å². The summed E-state index contributed by atoms with van der Waals surface area (Å²) in [5, 5.41) is 4.12. The quantitative estimate of drug-likeness (QED) is 0.479. The number of rotatable bonds is 8. The molecule has 146 valence electrons. The molecule has 0 aliphatic rings. The van der Waals surface area contributed by atoms with E-state index in [0.29, 0.717) is 24.4 Å². The molecule has 1 heterocycles. The van der Waals surface area contributed by atoms with Crippen LogP contribution in [0.3, 0.4) is 0 Å². The highest BCUT2D eigenvalue weighted by Gasteiger charge is 2.10. The van der Waals surface area contributed by atoms with Gasteiger partial charge in [-0.2, -0.15) is 0 Å². The zero-order valence-electron chi connectivity index (χ0n) is 16.1. The fourth-order valence-corrected chi connectivity index (χ4v) is 2.81. The zero-order chi connectivity index (χ0) is 19.9. The van der Waals surface area contributed by atoms with Crippen molar-refractivity contribution in [3.8, 4) is 5.75 Å². The molecule has 2 aromatic carbocycles. The fraction of sp³-hybridized carbons (Fsp3) is 0.273. The average Bonchev–Trinajstić information content (AvgIpc) is 2.70. The van der Waals surface area contributed by atoms with Crippen molar-refractivity contribution in [1.29, 1.82) is 0 Å². The van der Waals surface area contributed by atoms with E-state index in [-0.39, 0.29) is 18.1 Å². The standard InChI is InChI=1S/C22H24N2O4/c1-16-8-10-17(11-9-16)27-15-21(25)24(2)13-5-12-23-19-14-22(26)28-20-7-4-3-6-18(19)20/h3-4,6-11,14,23H,5,12-13,15H2,1-2H3. The summed E-state index contributed by atoms with van der Waals surface area (Å²) in [6.07, 6.45) is 0.737. The van der Waals surface area contributed by atoms with Crippen LogP contribution in [0, 0.1) is 6.92 Å². The molecule has 0 bridgehead atoms. The summed E-state index contributed by atoms with van der Waals surface area (Å²) >= 11 is 0. The number of amides is 1. The molecule has 1 N–H and O–H groups in total. The highest BCUT2D eigenvalue weighted by molar-refractivity contribution is 5.89. The van der Waals surface area contributed by atoms with Gasteiger partial charge >= 0.3 is 5.63 Å². The first-order valence-corrected chi connectivity index (χ1v) is 9.23. The van der Waals surface area contributed by atoms with E-state index in [1.165, 1.54) is 6.07 Å². The molecule has 28 heavy (non-hydrogen) atoms. The number of ether oxygens (including phenoxy) is 1. The number of anilines is 1. The Kier molecular flexibility index (Phi) is 6.32. The summed E-state index contributed by atoms with van der Waals surface area (Å²) in [4.78, 5) is 25.5. The lowest BCUT2D eigenvalue weighted by Crippen LogP contribution is -2.33. The minimum Gasteiger partial charge on any atom is -0.484 e. The summed E-state index contributed by atoms with van der Waals surface area (Å²) in [6, 6.07) is 16.4. The van der Waals surface area contributed by atoms with Crippen molar-refractivity contribution in [2.24, 2.45) is 0 Å². The van der Waals surface area contributed by atoms with Gasteiger partial charge in [-0.05, 0) is 37.6 Å². The molecule has 0 aliphatic carbocycles. The Labute approximate surface area is 163 Å². The molecule has 0 atom stereocenters. The van der Waals surface area contributed by atoms with Crippen molar-refractivity contribution in [2.75, 3.05) is 32.1 Å². The van der Waals surface area contributed by atoms with Crippen LogP contribution in [0.15, 0.2) is 63.8 Å². The summed E-state index contributed by atoms with van der Waals surface area (Å²) in [6.45, 7) is 3.23. The number of fused-ring (bicyclic) bond motifs is 1. The van der Waals surface area contributed by atoms with Gasteiger partial charge in [0.15, 0.2) is 6.61 Å². The van der Waals surface area contributed by atoms with Gasteiger partial charge in [-0.3, -0.25) is 4.79 Å². The molecule has 0 fully saturated rings. The second-order valence-electron chi connectivity index (χ2n) is 6.67. The van der Waals surface area contributed by atoms with Gasteiger partial charge < -0.3 is 19.4 Å². The number of hydrogen-bond acceptors (Lipinski definition) is 5. The monoisotopic (exact) mass is 380 g/mol. The first kappa shape index (κ1) is 19.5. The maximum Gasteiger partial charge on any atom is 0.338 e. The molecule has 6 nitrogen and oxygen atoms in total. The van der Waals surface area contributed by atoms with Gasteiger partial charge in [0.05, 0.1) is 5.69 Å². The van der Waals surface area contributed by atoms with E-state index in [0.717, 1.165) is 23.1 Å². The van der Waals surface area contributed by atoms with Crippen molar-refractivity contribution in [1.82, 2.24) is 4.90 Å². The molecular weight excluding hydrogens is 356 g/mol. The second-order valence-corrected chi connectivity index (χ2v) is 6.67. The van der Waals surface area contributed by atoms with E-state index < -0.39 is 0 Å². The van der Waals surface area contributed by atoms with Gasteiger partial charge in [-0.25, -0.2) is 4.79 Å². The maximum atomic E-state index is 12.2. The van der Waals surface area contributed by atoms with E-state index in [2.05, 4.69) is 5.32 Å². The largest absolute Gasteiger partial charge is 0.484 e. The highest BCUT2D eigenvalue weighted by Crippen LogP contribution is 2.20. The first-order valence-electron chi connectivity index (χ1n) is 9.23. The predicted molar refractivity (Wildman–Crippen MR) is 110 cm³/mol. The molecule has 1 amide bonds. The van der Waals surface area contributed by atoms with Gasteiger partial charge in [0.25, 0.3) is 5.91 Å². The third kappa shape index (κ3) is 5.13. The van der Waals surface area contributed by atoms with Gasteiger partial charge in [0, 0.05) is 31.6 Å². The van der Waals surface area contributed by atoms with E-state index in [1.807, 2.05) is 49.4 Å². The van der Waals surface area contributed by atoms with Crippen molar-refractivity contribution < 1.29 is 13.9 Å². The number of likely N-dealkylation sites (N-methyl/N-ethyl adjacent to an activating group) is 1. The Balaban J connectivity index is 1.45. The lowest BCUT2D eigenvalue weighted by atomic mass is 10.2. The summed E-state index contributed by atoms with van der Waals surface area (Å²) in [5.41, 5.74) is 2.05. The van der Waals surface area contributed by atoms with E-state index in [1.54, 1.807) is 18.0 Å². The smallest absolute Gasteiger partial charge is 0.338 e. The summed E-state index contributed by atoms with van der Waals surface area (Å²) in [5.74, 6) is 0.607. The molecule has 0 spiro atoms. The van der Waals surface area contributed by atoms with Crippen LogP contribution in [-0.4, -0.2) is 37.6 Å². The zero-order valence-corrected chi connectivity index (χ0v) is 16.1. The van der Waals surface area contributed by atoms with Crippen molar-refractivity contribution in [2.45, 2.75) is 13.3 Å². The van der Waals surface area contributed by atoms with Crippen LogP contribution in [0.25, 0.3) is 11.0 Å². The molecule has 1 aromatic heterocycles. The second kappa shape index (κ2) is 9.08. The third-order valence-corrected chi connectivity index (χ3v) is 4.44. The number of nitrogens with one attached hydrogen (secondary N) is 1. The molecule has 0 saturated heterocycles. The number of carbonyl (C=O) groups is 1. The predicted octanol–water partition coefficient (Wildman–Crippen LogP) is 3.44. The van der Waals surface area contributed by atoms with Gasteiger partial charge in [-0.15, -0.1) is 0 Å². The van der Waals surface area contributed by atoms with Crippen molar-refractivity contribution in [3.63, 3.8) is 0 Å². The van der Waals surface area contributed by atoms with Crippen LogP contribution in [0.5, 0.6) is 5.75 Å². The van der Waals surface area contributed by atoms with E-state index in [9.17, 15) is 9.59 Å². The highest BCUT2D eigenvalue weighted by atomic mass is 16.5. The van der Waals surface area contributed by atoms with Crippen LogP contribution >= 0.6 is 0 Å². The Morgan fingerprint density at radius 2 is 1.89 bits per heavy atom. The van der Waals surface area contributed by atoms with Crippen LogP contribution < -0.4 is 15.7 Å². The van der Waals surface area contributed by atoms with Crippen LogP contribution in [0.4, 0.5) is 5.69 Å². The summed E-state index contributed by atoms with van der Waals surface area (Å²) in [7, 11) is 1.76. The average molecular weight is 380 g/mol. The summed E-state index contributed by atoms with van der Waals surface area (Å²) < 4.78 is 10.7. The van der Waals surface area contributed by atoms with Crippen LogP contribution in [0.2, 0.25) is 0 Å². The Bertz CT molecular complexity index is 995. The first-order chi connectivity index (χ1) is 13.5. The molecule has 0 unspecified atom stereocenters. The molecule has 3 rings (SSSR count). The number of hydrogen-bond donors (Lipinski definition) is 1. The Morgan fingerprint density at radius 1 is 1.14 bits per heavy atom. The molecular formula is C22H24N2O4. The number of nitrogens with zero attached hydrogens (tertiary/aromatic N) is 1. The lowest BCUT2D eigenvalue weighted by Gasteiger charge is -2.18. The molecule has 3 aromatic rings. The molecule has 6 heteroatoms. The van der Waals surface area contributed by atoms with Crippen LogP contribution in [-0.2, 0) is 4.79 Å². The number of aryl methyl sites for hydroxylation is 1. The van der Waals surface area contributed by atoms with E-state index in [4.69, 9.17) is 9.15 Å². The van der Waals surface area contributed by atoms with E-state index >= 15 is 0 Å². The maximum absolute atomic E-state index is 12.2. The fourth-order valence-electron chi connectivity index (χ4n) is 2.81. The number of carbonyl (C=O) groups excluding carboxylic acids is 1.